The van der Waals surface area contributed by atoms with Crippen LogP contribution in [-0.2, 0) is 0 Å². The largest absolute Gasteiger partial charge is 0.418 e. The third kappa shape index (κ3) is 3.76. The van der Waals surface area contributed by atoms with Crippen molar-refractivity contribution >= 4 is 0 Å². The molecule has 0 saturated heterocycles. The van der Waals surface area contributed by atoms with Gasteiger partial charge in [-0.3, -0.25) is 4.98 Å². The van der Waals surface area contributed by atoms with Crippen molar-refractivity contribution in [2.45, 2.75) is 30.9 Å². The van der Waals surface area contributed by atoms with Gasteiger partial charge in [0.15, 0.2) is 12.3 Å². The van der Waals surface area contributed by atoms with Crippen molar-refractivity contribution in [1.82, 2.24) is 25.2 Å². The maximum absolute atomic E-state index is 14.0. The van der Waals surface area contributed by atoms with Crippen LogP contribution in [0.1, 0.15) is 29.8 Å². The third-order valence-electron chi connectivity index (χ3n) is 2.92. The molecule has 0 saturated carbocycles. The first kappa shape index (κ1) is 17.1. The summed E-state index contributed by atoms with van der Waals surface area (Å²) in [5.41, 5.74) is -1.12. The number of rotatable bonds is 5. The van der Waals surface area contributed by atoms with E-state index >= 15 is 0 Å². The standard InChI is InChI=1S/C11H10F5N5O2/c12-7(8(22)10(13)21-4-18-19-20-21)6-2-1-5(3-17-6)9(23)11(14,15)16/h1-4,7-10,22-23H. The molecule has 0 spiro atoms. The van der Waals surface area contributed by atoms with Gasteiger partial charge >= 0.3 is 6.18 Å². The summed E-state index contributed by atoms with van der Waals surface area (Å²) in [5, 5.41) is 28.0. The van der Waals surface area contributed by atoms with E-state index in [1.165, 1.54) is 0 Å². The number of pyridine rings is 1. The van der Waals surface area contributed by atoms with Crippen molar-refractivity contribution in [3.63, 3.8) is 0 Å². The van der Waals surface area contributed by atoms with Crippen LogP contribution >= 0.6 is 0 Å². The third-order valence-corrected chi connectivity index (χ3v) is 2.92. The molecular formula is C11H10F5N5O2. The van der Waals surface area contributed by atoms with E-state index in [9.17, 15) is 27.1 Å². The first-order chi connectivity index (χ1) is 10.7. The lowest BCUT2D eigenvalue weighted by molar-refractivity contribution is -0.206. The van der Waals surface area contributed by atoms with Gasteiger partial charge in [-0.05, 0) is 16.5 Å². The number of aromatic nitrogens is 5. The van der Waals surface area contributed by atoms with Gasteiger partial charge in [-0.25, -0.2) is 8.78 Å². The fraction of sp³-hybridized carbons (Fsp3) is 0.455. The molecule has 2 aromatic rings. The number of aliphatic hydroxyl groups is 2. The van der Waals surface area contributed by atoms with Crippen LogP contribution in [0.15, 0.2) is 24.7 Å². The van der Waals surface area contributed by atoms with E-state index in [-0.39, 0.29) is 0 Å². The minimum absolute atomic E-state index is 0.471. The van der Waals surface area contributed by atoms with Gasteiger partial charge in [-0.2, -0.15) is 17.9 Å². The first-order valence-corrected chi connectivity index (χ1v) is 6.11. The van der Waals surface area contributed by atoms with Crippen molar-refractivity contribution in [1.29, 1.82) is 0 Å². The highest BCUT2D eigenvalue weighted by Crippen LogP contribution is 2.33. The van der Waals surface area contributed by atoms with Crippen LogP contribution in [0, 0.1) is 0 Å². The van der Waals surface area contributed by atoms with Crippen molar-refractivity contribution in [2.75, 3.05) is 0 Å². The Morgan fingerprint density at radius 2 is 1.83 bits per heavy atom. The first-order valence-electron chi connectivity index (χ1n) is 6.11. The van der Waals surface area contributed by atoms with Crippen LogP contribution in [0.3, 0.4) is 0 Å². The number of halogens is 5. The molecule has 0 bridgehead atoms. The summed E-state index contributed by atoms with van der Waals surface area (Å²) < 4.78 is 65.2. The van der Waals surface area contributed by atoms with E-state index < -0.39 is 42.1 Å². The minimum atomic E-state index is -4.90. The van der Waals surface area contributed by atoms with Gasteiger partial charge in [-0.15, -0.1) is 5.10 Å². The minimum Gasteiger partial charge on any atom is -0.385 e. The molecule has 2 rings (SSSR count). The maximum atomic E-state index is 14.0. The molecule has 0 aliphatic rings. The molecule has 0 aromatic carbocycles. The monoisotopic (exact) mass is 339 g/mol. The molecule has 12 heteroatoms. The van der Waals surface area contributed by atoms with Gasteiger partial charge in [0.2, 0.25) is 6.30 Å². The molecule has 126 valence electrons. The zero-order chi connectivity index (χ0) is 17.2. The zero-order valence-corrected chi connectivity index (χ0v) is 11.1. The van der Waals surface area contributed by atoms with E-state index in [2.05, 4.69) is 20.5 Å². The zero-order valence-electron chi connectivity index (χ0n) is 11.1. The van der Waals surface area contributed by atoms with E-state index in [1.54, 1.807) is 0 Å². The Labute approximate surface area is 125 Å². The molecule has 0 aliphatic carbocycles. The van der Waals surface area contributed by atoms with E-state index in [4.69, 9.17) is 5.11 Å². The number of hydrogen-bond acceptors (Lipinski definition) is 6. The summed E-state index contributed by atoms with van der Waals surface area (Å²) in [5.74, 6) is 0. The lowest BCUT2D eigenvalue weighted by Crippen LogP contribution is -2.26. The second kappa shape index (κ2) is 6.50. The van der Waals surface area contributed by atoms with Gasteiger partial charge in [0.1, 0.15) is 12.4 Å². The molecule has 2 aromatic heterocycles. The molecule has 0 fully saturated rings. The summed E-state index contributed by atoms with van der Waals surface area (Å²) in [6.45, 7) is 0. The summed E-state index contributed by atoms with van der Waals surface area (Å²) in [6.07, 6.45) is -13.2. The Kier molecular flexibility index (Phi) is 4.85. The Morgan fingerprint density at radius 1 is 1.13 bits per heavy atom. The Hall–Kier alpha value is -2.21. The SMILES string of the molecule is OC(C(F)c1ccc(C(O)C(F)(F)F)cn1)C(F)n1cnnn1. The quantitative estimate of drug-likeness (QED) is 0.795. The van der Waals surface area contributed by atoms with Crippen LogP contribution in [0.2, 0.25) is 0 Å². The summed E-state index contributed by atoms with van der Waals surface area (Å²) in [4.78, 5) is 3.38. The predicted molar refractivity (Wildman–Crippen MR) is 63.1 cm³/mol. The van der Waals surface area contributed by atoms with Gasteiger partial charge in [0.25, 0.3) is 0 Å². The summed E-state index contributed by atoms with van der Waals surface area (Å²) in [6, 6.07) is 1.59. The highest BCUT2D eigenvalue weighted by atomic mass is 19.4. The van der Waals surface area contributed by atoms with Crippen molar-refractivity contribution in [3.8, 4) is 0 Å². The average Bonchev–Trinajstić information content (AvgIpc) is 3.05. The second-order valence-corrected chi connectivity index (χ2v) is 4.52. The Bertz CT molecular complexity index is 621. The van der Waals surface area contributed by atoms with Crippen LogP contribution in [0.4, 0.5) is 22.0 Å². The molecule has 4 atom stereocenters. The van der Waals surface area contributed by atoms with Gasteiger partial charge in [-0.1, -0.05) is 6.07 Å². The van der Waals surface area contributed by atoms with Crippen molar-refractivity contribution in [3.05, 3.63) is 35.9 Å². The average molecular weight is 339 g/mol. The van der Waals surface area contributed by atoms with Gasteiger partial charge < -0.3 is 10.2 Å². The summed E-state index contributed by atoms with van der Waals surface area (Å²) >= 11 is 0. The smallest absolute Gasteiger partial charge is 0.385 e. The Balaban J connectivity index is 2.12. The van der Waals surface area contributed by atoms with E-state index in [1.807, 2.05) is 0 Å². The maximum Gasteiger partial charge on any atom is 0.418 e. The molecule has 0 amide bonds. The normalized spacial score (nSPS) is 17.5. The lowest BCUT2D eigenvalue weighted by Gasteiger charge is -2.19. The van der Waals surface area contributed by atoms with E-state index in [0.29, 0.717) is 10.9 Å². The molecule has 4 unspecified atom stereocenters. The van der Waals surface area contributed by atoms with Crippen molar-refractivity contribution < 1.29 is 32.2 Å². The molecular weight excluding hydrogens is 329 g/mol. The molecule has 7 nitrogen and oxygen atoms in total. The van der Waals surface area contributed by atoms with Crippen LogP contribution < -0.4 is 0 Å². The predicted octanol–water partition coefficient (Wildman–Crippen LogP) is 1.20. The Morgan fingerprint density at radius 3 is 2.30 bits per heavy atom. The fourth-order valence-electron chi connectivity index (χ4n) is 1.68. The molecule has 23 heavy (non-hydrogen) atoms. The molecule has 2 heterocycles. The second-order valence-electron chi connectivity index (χ2n) is 4.52. The number of alkyl halides is 5. The van der Waals surface area contributed by atoms with Gasteiger partial charge in [0.05, 0.1) is 5.69 Å². The molecule has 0 aliphatic heterocycles. The van der Waals surface area contributed by atoms with Crippen LogP contribution in [0.25, 0.3) is 0 Å². The van der Waals surface area contributed by atoms with Crippen LogP contribution in [-0.4, -0.2) is 47.7 Å². The van der Waals surface area contributed by atoms with E-state index in [0.717, 1.165) is 18.5 Å². The van der Waals surface area contributed by atoms with Crippen molar-refractivity contribution in [2.24, 2.45) is 0 Å². The molecule has 0 radical (unpaired) electrons. The summed E-state index contributed by atoms with van der Waals surface area (Å²) in [7, 11) is 0. The number of nitrogens with zero attached hydrogens (tertiary/aromatic N) is 5. The fourth-order valence-corrected chi connectivity index (χ4v) is 1.68. The topological polar surface area (TPSA) is 97.0 Å². The van der Waals surface area contributed by atoms with Gasteiger partial charge in [0, 0.05) is 11.8 Å². The van der Waals surface area contributed by atoms with Crippen LogP contribution in [0.5, 0.6) is 0 Å². The molecule has 2 N–H and O–H groups in total. The number of tetrazole rings is 1. The highest BCUT2D eigenvalue weighted by Gasteiger charge is 2.40. The highest BCUT2D eigenvalue weighted by molar-refractivity contribution is 5.19. The number of aliphatic hydroxyl groups excluding tert-OH is 2. The number of hydrogen-bond donors (Lipinski definition) is 2. The lowest BCUT2D eigenvalue weighted by atomic mass is 10.1.